The predicted octanol–water partition coefficient (Wildman–Crippen LogP) is 2.65. The Morgan fingerprint density at radius 1 is 1.42 bits per heavy atom. The summed E-state index contributed by atoms with van der Waals surface area (Å²) in [6.07, 6.45) is 2.95. The highest BCUT2D eigenvalue weighted by molar-refractivity contribution is 5.92. The van der Waals surface area contributed by atoms with Gasteiger partial charge in [0.1, 0.15) is 0 Å². The number of rotatable bonds is 3. The Hall–Kier alpha value is -1.81. The van der Waals surface area contributed by atoms with Crippen LogP contribution in [-0.4, -0.2) is 24.2 Å². The van der Waals surface area contributed by atoms with Crippen LogP contribution in [-0.2, 0) is 4.74 Å². The van der Waals surface area contributed by atoms with Crippen LogP contribution in [0.2, 0.25) is 0 Å². The quantitative estimate of drug-likeness (QED) is 0.830. The van der Waals surface area contributed by atoms with Crippen LogP contribution < -0.4 is 11.1 Å². The summed E-state index contributed by atoms with van der Waals surface area (Å²) in [6, 6.07) is 8.26. The zero-order valence-corrected chi connectivity index (χ0v) is 11.1. The third kappa shape index (κ3) is 2.49. The van der Waals surface area contributed by atoms with Crippen molar-refractivity contribution in [3.05, 3.63) is 30.5 Å². The molecular weight excluding hydrogens is 238 g/mol. The Kier molecular flexibility index (Phi) is 3.25. The predicted molar refractivity (Wildman–Crippen MR) is 78.2 cm³/mol. The topological polar surface area (TPSA) is 60.2 Å². The first-order valence-corrected chi connectivity index (χ1v) is 6.72. The molecule has 0 aliphatic carbocycles. The molecule has 1 aromatic heterocycles. The number of pyridine rings is 1. The van der Waals surface area contributed by atoms with E-state index in [0.29, 0.717) is 12.0 Å². The molecule has 1 aliphatic rings. The average Bonchev–Trinajstić information content (AvgIpc) is 2.92. The van der Waals surface area contributed by atoms with Gasteiger partial charge >= 0.3 is 0 Å². The van der Waals surface area contributed by atoms with Gasteiger partial charge in [-0.05, 0) is 37.6 Å². The van der Waals surface area contributed by atoms with E-state index in [4.69, 9.17) is 10.5 Å². The maximum atomic E-state index is 5.80. The van der Waals surface area contributed by atoms with Crippen molar-refractivity contribution in [2.75, 3.05) is 24.3 Å². The van der Waals surface area contributed by atoms with Gasteiger partial charge in [0.05, 0.1) is 12.1 Å². The normalized spacial score (nSPS) is 20.6. The van der Waals surface area contributed by atoms with Crippen LogP contribution in [0.5, 0.6) is 0 Å². The van der Waals surface area contributed by atoms with Gasteiger partial charge in [-0.25, -0.2) is 0 Å². The first-order chi connectivity index (χ1) is 9.24. The Morgan fingerprint density at radius 2 is 2.32 bits per heavy atom. The molecule has 4 heteroatoms. The van der Waals surface area contributed by atoms with Gasteiger partial charge in [-0.3, -0.25) is 4.98 Å². The zero-order valence-electron chi connectivity index (χ0n) is 11.1. The highest BCUT2D eigenvalue weighted by Gasteiger charge is 2.22. The number of fused-ring (bicyclic) bond motifs is 1. The van der Waals surface area contributed by atoms with E-state index in [9.17, 15) is 0 Å². The summed E-state index contributed by atoms with van der Waals surface area (Å²) in [5.41, 5.74) is 8.59. The lowest BCUT2D eigenvalue weighted by molar-refractivity contribution is 0.183. The van der Waals surface area contributed by atoms with Crippen LogP contribution in [0.15, 0.2) is 30.5 Å². The zero-order chi connectivity index (χ0) is 13.2. The smallest absolute Gasteiger partial charge is 0.0743 e. The third-order valence-electron chi connectivity index (χ3n) is 3.82. The number of nitrogens with one attached hydrogen (secondary N) is 1. The number of benzene rings is 1. The molecule has 100 valence electrons. The molecule has 2 aromatic rings. The minimum Gasteiger partial charge on any atom is -0.399 e. The van der Waals surface area contributed by atoms with Crippen LogP contribution >= 0.6 is 0 Å². The second-order valence-corrected chi connectivity index (χ2v) is 5.19. The van der Waals surface area contributed by atoms with E-state index >= 15 is 0 Å². The fourth-order valence-electron chi connectivity index (χ4n) is 2.60. The molecule has 0 spiro atoms. The lowest BCUT2D eigenvalue weighted by Crippen LogP contribution is -2.26. The molecule has 0 saturated carbocycles. The molecule has 0 amide bonds. The van der Waals surface area contributed by atoms with E-state index in [-0.39, 0.29) is 0 Å². The van der Waals surface area contributed by atoms with Gasteiger partial charge in [-0.15, -0.1) is 0 Å². The van der Waals surface area contributed by atoms with E-state index < -0.39 is 0 Å². The number of ether oxygens (including phenoxy) is 1. The van der Waals surface area contributed by atoms with Crippen molar-refractivity contribution in [3.63, 3.8) is 0 Å². The minimum absolute atomic E-state index is 0.394. The molecule has 1 fully saturated rings. The van der Waals surface area contributed by atoms with E-state index in [1.165, 1.54) is 0 Å². The fourth-order valence-corrected chi connectivity index (χ4v) is 2.60. The van der Waals surface area contributed by atoms with Crippen LogP contribution in [0, 0.1) is 5.92 Å². The Morgan fingerprint density at radius 3 is 3.11 bits per heavy atom. The van der Waals surface area contributed by atoms with Crippen LogP contribution in [0.4, 0.5) is 11.4 Å². The number of hydrogen-bond acceptors (Lipinski definition) is 4. The maximum Gasteiger partial charge on any atom is 0.0743 e. The van der Waals surface area contributed by atoms with Crippen molar-refractivity contribution in [2.45, 2.75) is 19.4 Å². The number of nitrogens with zero attached hydrogens (tertiary/aromatic N) is 1. The summed E-state index contributed by atoms with van der Waals surface area (Å²) in [5.74, 6) is 0.581. The van der Waals surface area contributed by atoms with Crippen molar-refractivity contribution >= 4 is 22.3 Å². The summed E-state index contributed by atoms with van der Waals surface area (Å²) < 4.78 is 5.45. The number of aromatic nitrogens is 1. The summed E-state index contributed by atoms with van der Waals surface area (Å²) in [5, 5.41) is 4.70. The number of nitrogen functional groups attached to an aromatic ring is 1. The number of nitrogens with two attached hydrogens (primary N) is 1. The molecule has 0 bridgehead atoms. The van der Waals surface area contributed by atoms with Crippen molar-refractivity contribution in [2.24, 2.45) is 5.92 Å². The molecule has 1 aliphatic heterocycles. The van der Waals surface area contributed by atoms with Crippen molar-refractivity contribution in [1.29, 1.82) is 0 Å². The van der Waals surface area contributed by atoms with E-state index in [2.05, 4.69) is 17.2 Å². The van der Waals surface area contributed by atoms with Crippen molar-refractivity contribution < 1.29 is 4.74 Å². The molecule has 19 heavy (non-hydrogen) atoms. The average molecular weight is 257 g/mol. The second kappa shape index (κ2) is 5.05. The van der Waals surface area contributed by atoms with E-state index in [1.54, 1.807) is 0 Å². The summed E-state index contributed by atoms with van der Waals surface area (Å²) in [6.45, 7) is 3.94. The summed E-state index contributed by atoms with van der Waals surface area (Å²) in [7, 11) is 0. The Labute approximate surface area is 113 Å². The van der Waals surface area contributed by atoms with E-state index in [1.807, 2.05) is 30.5 Å². The third-order valence-corrected chi connectivity index (χ3v) is 3.82. The van der Waals surface area contributed by atoms with Crippen molar-refractivity contribution in [3.8, 4) is 0 Å². The molecule has 3 N–H and O–H groups in total. The van der Waals surface area contributed by atoms with Crippen LogP contribution in [0.1, 0.15) is 13.3 Å². The van der Waals surface area contributed by atoms with Crippen LogP contribution in [0.25, 0.3) is 10.9 Å². The number of hydrogen-bond donors (Lipinski definition) is 2. The van der Waals surface area contributed by atoms with Gasteiger partial charge in [-0.1, -0.05) is 0 Å². The van der Waals surface area contributed by atoms with Gasteiger partial charge < -0.3 is 15.8 Å². The lowest BCUT2D eigenvalue weighted by atomic mass is 10.00. The molecular formula is C15H19N3O. The molecule has 1 aromatic carbocycles. The summed E-state index contributed by atoms with van der Waals surface area (Å²) in [4.78, 5) is 4.36. The van der Waals surface area contributed by atoms with Gasteiger partial charge in [0.15, 0.2) is 0 Å². The van der Waals surface area contributed by atoms with Crippen LogP contribution in [0.3, 0.4) is 0 Å². The highest BCUT2D eigenvalue weighted by atomic mass is 16.5. The first-order valence-electron chi connectivity index (χ1n) is 6.72. The summed E-state index contributed by atoms with van der Waals surface area (Å²) >= 11 is 0. The van der Waals surface area contributed by atoms with Gasteiger partial charge in [0, 0.05) is 41.5 Å². The van der Waals surface area contributed by atoms with Crippen molar-refractivity contribution in [1.82, 2.24) is 4.98 Å². The second-order valence-electron chi connectivity index (χ2n) is 5.19. The van der Waals surface area contributed by atoms with Gasteiger partial charge in [0.2, 0.25) is 0 Å². The lowest BCUT2D eigenvalue weighted by Gasteiger charge is -2.21. The number of anilines is 2. The highest BCUT2D eigenvalue weighted by Crippen LogP contribution is 2.26. The molecule has 3 rings (SSSR count). The van der Waals surface area contributed by atoms with E-state index in [0.717, 1.165) is 41.9 Å². The molecule has 1 saturated heterocycles. The molecule has 4 nitrogen and oxygen atoms in total. The maximum absolute atomic E-state index is 5.80. The Bertz CT molecular complexity index is 579. The molecule has 0 radical (unpaired) electrons. The minimum atomic E-state index is 0.394. The standard InChI is InChI=1S/C15H19N3O/c1-10(11-5-7-19-9-11)18-14-4-6-17-15-8-12(16)2-3-13(14)15/h2-4,6,8,10-11H,5,7,9,16H2,1H3,(H,17,18). The fraction of sp³-hybridized carbons (Fsp3) is 0.400. The SMILES string of the molecule is CC(Nc1ccnc2cc(N)ccc12)C1CCOC1. The largest absolute Gasteiger partial charge is 0.399 e. The molecule has 2 heterocycles. The molecule has 2 unspecified atom stereocenters. The Balaban J connectivity index is 1.87. The first kappa shape index (κ1) is 12.2. The van der Waals surface area contributed by atoms with Gasteiger partial charge in [-0.2, -0.15) is 0 Å². The molecule has 2 atom stereocenters. The monoisotopic (exact) mass is 257 g/mol. The van der Waals surface area contributed by atoms with Gasteiger partial charge in [0.25, 0.3) is 0 Å².